The fourth-order valence-corrected chi connectivity index (χ4v) is 2.93. The van der Waals surface area contributed by atoms with E-state index in [2.05, 4.69) is 0 Å². The SMILES string of the molecule is C[C@H](CN(C)C(=O)c1sccc1C1CC1)C(=O)O. The van der Waals surface area contributed by atoms with Crippen LogP contribution in [0.2, 0.25) is 0 Å². The van der Waals surface area contributed by atoms with Gasteiger partial charge in [0, 0.05) is 13.6 Å². The van der Waals surface area contributed by atoms with Crippen molar-refractivity contribution >= 4 is 23.2 Å². The molecule has 0 aliphatic heterocycles. The molecule has 1 aromatic rings. The highest BCUT2D eigenvalue weighted by molar-refractivity contribution is 7.12. The third-order valence-electron chi connectivity index (χ3n) is 3.22. The highest BCUT2D eigenvalue weighted by Crippen LogP contribution is 2.43. The Morgan fingerprint density at radius 2 is 2.22 bits per heavy atom. The van der Waals surface area contributed by atoms with Crippen LogP contribution >= 0.6 is 11.3 Å². The summed E-state index contributed by atoms with van der Waals surface area (Å²) in [6.07, 6.45) is 2.32. The van der Waals surface area contributed by atoms with E-state index in [0.717, 1.165) is 23.3 Å². The van der Waals surface area contributed by atoms with Gasteiger partial charge in [-0.05, 0) is 35.8 Å². The number of nitrogens with zero attached hydrogens (tertiary/aromatic N) is 1. The van der Waals surface area contributed by atoms with Crippen molar-refractivity contribution in [1.29, 1.82) is 0 Å². The number of thiophene rings is 1. The van der Waals surface area contributed by atoms with E-state index in [-0.39, 0.29) is 12.5 Å². The Morgan fingerprint density at radius 1 is 1.56 bits per heavy atom. The number of rotatable bonds is 5. The van der Waals surface area contributed by atoms with Gasteiger partial charge in [0.2, 0.25) is 0 Å². The summed E-state index contributed by atoms with van der Waals surface area (Å²) in [6, 6.07) is 2.02. The summed E-state index contributed by atoms with van der Waals surface area (Å²) < 4.78 is 0. The monoisotopic (exact) mass is 267 g/mol. The largest absolute Gasteiger partial charge is 0.481 e. The van der Waals surface area contributed by atoms with Crippen molar-refractivity contribution < 1.29 is 14.7 Å². The lowest BCUT2D eigenvalue weighted by Crippen LogP contribution is -2.33. The molecule has 1 aliphatic carbocycles. The lowest BCUT2D eigenvalue weighted by Gasteiger charge is -2.19. The predicted octanol–water partition coefficient (Wildman–Crippen LogP) is 2.42. The van der Waals surface area contributed by atoms with Crippen LogP contribution < -0.4 is 0 Å². The van der Waals surface area contributed by atoms with E-state index in [1.807, 2.05) is 11.4 Å². The Morgan fingerprint density at radius 3 is 2.78 bits per heavy atom. The van der Waals surface area contributed by atoms with Crippen molar-refractivity contribution in [2.24, 2.45) is 5.92 Å². The molecule has 1 atom stereocenters. The Balaban J connectivity index is 2.05. The Hall–Kier alpha value is -1.36. The van der Waals surface area contributed by atoms with Crippen LogP contribution in [0.5, 0.6) is 0 Å². The second-order valence-corrected chi connectivity index (χ2v) is 5.82. The van der Waals surface area contributed by atoms with E-state index < -0.39 is 11.9 Å². The maximum absolute atomic E-state index is 12.3. The molecule has 1 heterocycles. The first-order valence-corrected chi connectivity index (χ1v) is 6.94. The molecular formula is C13H17NO3S. The molecular weight excluding hydrogens is 250 g/mol. The van der Waals surface area contributed by atoms with Crippen LogP contribution in [-0.4, -0.2) is 35.5 Å². The van der Waals surface area contributed by atoms with E-state index in [1.54, 1.807) is 14.0 Å². The van der Waals surface area contributed by atoms with Gasteiger partial charge in [-0.15, -0.1) is 11.3 Å². The number of carbonyl (C=O) groups is 2. The van der Waals surface area contributed by atoms with Crippen LogP contribution in [-0.2, 0) is 4.79 Å². The van der Waals surface area contributed by atoms with Crippen molar-refractivity contribution in [2.75, 3.05) is 13.6 Å². The normalized spacial score (nSPS) is 16.3. The van der Waals surface area contributed by atoms with Gasteiger partial charge in [0.1, 0.15) is 0 Å². The van der Waals surface area contributed by atoms with E-state index in [4.69, 9.17) is 5.11 Å². The molecule has 1 saturated carbocycles. The first-order valence-electron chi connectivity index (χ1n) is 6.06. The summed E-state index contributed by atoms with van der Waals surface area (Å²) in [4.78, 5) is 25.3. The number of hydrogen-bond acceptors (Lipinski definition) is 3. The second-order valence-electron chi connectivity index (χ2n) is 4.90. The van der Waals surface area contributed by atoms with Gasteiger partial charge in [0.15, 0.2) is 0 Å². The molecule has 0 spiro atoms. The Labute approximate surface area is 110 Å². The quantitative estimate of drug-likeness (QED) is 0.891. The molecule has 0 radical (unpaired) electrons. The van der Waals surface area contributed by atoms with E-state index >= 15 is 0 Å². The molecule has 0 aromatic carbocycles. The van der Waals surface area contributed by atoms with Crippen LogP contribution in [0.25, 0.3) is 0 Å². The summed E-state index contributed by atoms with van der Waals surface area (Å²) in [5.74, 6) is -0.924. The fraction of sp³-hybridized carbons (Fsp3) is 0.538. The van der Waals surface area contributed by atoms with Crippen LogP contribution in [0.3, 0.4) is 0 Å². The number of aliphatic carboxylic acids is 1. The fourth-order valence-electron chi connectivity index (χ4n) is 1.95. The molecule has 1 fully saturated rings. The van der Waals surface area contributed by atoms with Gasteiger partial charge < -0.3 is 10.0 Å². The molecule has 1 amide bonds. The van der Waals surface area contributed by atoms with Crippen molar-refractivity contribution in [3.05, 3.63) is 21.9 Å². The van der Waals surface area contributed by atoms with Crippen molar-refractivity contribution in [3.8, 4) is 0 Å². The molecule has 0 bridgehead atoms. The third-order valence-corrected chi connectivity index (χ3v) is 4.14. The summed E-state index contributed by atoms with van der Waals surface area (Å²) in [5.41, 5.74) is 1.14. The van der Waals surface area contributed by atoms with Crippen LogP contribution in [0.15, 0.2) is 11.4 Å². The van der Waals surface area contributed by atoms with E-state index in [9.17, 15) is 9.59 Å². The zero-order valence-corrected chi connectivity index (χ0v) is 11.4. The van der Waals surface area contributed by atoms with E-state index in [1.165, 1.54) is 16.2 Å². The topological polar surface area (TPSA) is 57.6 Å². The summed E-state index contributed by atoms with van der Waals surface area (Å²) in [6.45, 7) is 1.86. The van der Waals surface area contributed by atoms with Gasteiger partial charge in [0.05, 0.1) is 10.8 Å². The Bertz CT molecular complexity index is 465. The molecule has 4 nitrogen and oxygen atoms in total. The van der Waals surface area contributed by atoms with Gasteiger partial charge in [-0.3, -0.25) is 9.59 Å². The summed E-state index contributed by atoms with van der Waals surface area (Å²) in [5, 5.41) is 10.8. The lowest BCUT2D eigenvalue weighted by molar-refractivity contribution is -0.141. The third kappa shape index (κ3) is 2.72. The molecule has 5 heteroatoms. The van der Waals surface area contributed by atoms with Crippen molar-refractivity contribution in [3.63, 3.8) is 0 Å². The van der Waals surface area contributed by atoms with Crippen molar-refractivity contribution in [1.82, 2.24) is 4.90 Å². The summed E-state index contributed by atoms with van der Waals surface area (Å²) >= 11 is 1.45. The molecule has 98 valence electrons. The second kappa shape index (κ2) is 5.10. The average molecular weight is 267 g/mol. The smallest absolute Gasteiger partial charge is 0.308 e. The van der Waals surface area contributed by atoms with Gasteiger partial charge in [-0.25, -0.2) is 0 Å². The maximum atomic E-state index is 12.3. The highest BCUT2D eigenvalue weighted by atomic mass is 32.1. The zero-order valence-electron chi connectivity index (χ0n) is 10.5. The maximum Gasteiger partial charge on any atom is 0.308 e. The van der Waals surface area contributed by atoms with Gasteiger partial charge >= 0.3 is 5.97 Å². The average Bonchev–Trinajstić information content (AvgIpc) is 3.05. The number of carbonyl (C=O) groups excluding carboxylic acids is 1. The van der Waals surface area contributed by atoms with Gasteiger partial charge in [-0.2, -0.15) is 0 Å². The van der Waals surface area contributed by atoms with Crippen LogP contribution in [0.4, 0.5) is 0 Å². The minimum atomic E-state index is -0.872. The lowest BCUT2D eigenvalue weighted by atomic mass is 10.1. The molecule has 1 N–H and O–H groups in total. The standard InChI is InChI=1S/C13H17NO3S/c1-8(13(16)17)7-14(2)12(15)11-10(5-6-18-11)9-3-4-9/h5-6,8-9H,3-4,7H2,1-2H3,(H,16,17)/t8-/m1/s1. The van der Waals surface area contributed by atoms with Crippen LogP contribution in [0, 0.1) is 5.92 Å². The number of carboxylic acids is 1. The van der Waals surface area contributed by atoms with Gasteiger partial charge in [0.25, 0.3) is 5.91 Å². The zero-order chi connectivity index (χ0) is 13.3. The predicted molar refractivity (Wildman–Crippen MR) is 70.1 cm³/mol. The molecule has 18 heavy (non-hydrogen) atoms. The number of amides is 1. The van der Waals surface area contributed by atoms with E-state index in [0.29, 0.717) is 5.92 Å². The minimum absolute atomic E-state index is 0.0556. The molecule has 1 aromatic heterocycles. The van der Waals surface area contributed by atoms with Gasteiger partial charge in [-0.1, -0.05) is 6.92 Å². The first-order chi connectivity index (χ1) is 8.50. The first kappa shape index (κ1) is 13.1. The summed E-state index contributed by atoms with van der Waals surface area (Å²) in [7, 11) is 1.66. The molecule has 1 aliphatic rings. The molecule has 0 unspecified atom stereocenters. The van der Waals surface area contributed by atoms with Crippen LogP contribution in [0.1, 0.15) is 40.9 Å². The molecule has 2 rings (SSSR count). The number of hydrogen-bond donors (Lipinski definition) is 1. The van der Waals surface area contributed by atoms with Crippen molar-refractivity contribution in [2.45, 2.75) is 25.7 Å². The minimum Gasteiger partial charge on any atom is -0.481 e. The Kier molecular flexibility index (Phi) is 3.71. The highest BCUT2D eigenvalue weighted by Gasteiger charge is 2.30. The number of carboxylic acid groups (broad SMARTS) is 1. The molecule has 0 saturated heterocycles.